The second kappa shape index (κ2) is 3.20. The fourth-order valence-corrected chi connectivity index (χ4v) is 1.45. The molecule has 0 atom stereocenters. The molecule has 0 aliphatic heterocycles. The van der Waals surface area contributed by atoms with E-state index in [4.69, 9.17) is 0 Å². The van der Waals surface area contributed by atoms with Crippen LogP contribution in [0.3, 0.4) is 0 Å². The number of non-ortho nitro benzene ring substituents is 1. The Morgan fingerprint density at radius 1 is 1.33 bits per heavy atom. The van der Waals surface area contributed by atoms with Crippen molar-refractivity contribution >= 4 is 16.5 Å². The maximum Gasteiger partial charge on any atom is 0.270 e. The van der Waals surface area contributed by atoms with E-state index in [1.807, 2.05) is 0 Å². The lowest BCUT2D eigenvalue weighted by Gasteiger charge is -2.00. The van der Waals surface area contributed by atoms with Crippen LogP contribution in [0.4, 0.5) is 5.69 Å². The van der Waals surface area contributed by atoms with Crippen molar-refractivity contribution in [3.8, 4) is 0 Å². The maximum absolute atomic E-state index is 11.6. The van der Waals surface area contributed by atoms with Crippen molar-refractivity contribution in [2.24, 2.45) is 7.05 Å². The second-order valence-corrected chi connectivity index (χ2v) is 3.26. The number of aryl methyl sites for hydroxylation is 1. The molecule has 76 valence electrons. The van der Waals surface area contributed by atoms with Gasteiger partial charge in [-0.3, -0.25) is 14.9 Å². The van der Waals surface area contributed by atoms with E-state index in [1.54, 1.807) is 19.3 Å². The van der Waals surface area contributed by atoms with Crippen LogP contribution < -0.4 is 5.56 Å². The van der Waals surface area contributed by atoms with Crippen molar-refractivity contribution in [3.63, 3.8) is 0 Å². The quantitative estimate of drug-likeness (QED) is 0.521. The van der Waals surface area contributed by atoms with Crippen molar-refractivity contribution in [3.05, 3.63) is 50.9 Å². The van der Waals surface area contributed by atoms with E-state index < -0.39 is 4.92 Å². The highest BCUT2D eigenvalue weighted by molar-refractivity contribution is 5.83. The molecule has 0 fully saturated rings. The van der Waals surface area contributed by atoms with Gasteiger partial charge >= 0.3 is 0 Å². The van der Waals surface area contributed by atoms with Gasteiger partial charge < -0.3 is 4.57 Å². The number of benzene rings is 1. The van der Waals surface area contributed by atoms with Crippen molar-refractivity contribution in [2.45, 2.75) is 0 Å². The number of nitrogens with zero attached hydrogens (tertiary/aromatic N) is 2. The van der Waals surface area contributed by atoms with Gasteiger partial charge in [-0.05, 0) is 17.5 Å². The molecule has 1 aromatic carbocycles. The Bertz CT molecular complexity index is 601. The van der Waals surface area contributed by atoms with Crippen LogP contribution in [0.5, 0.6) is 0 Å². The summed E-state index contributed by atoms with van der Waals surface area (Å²) in [6.07, 6.45) is 1.59. The minimum absolute atomic E-state index is 0.00393. The molecule has 0 amide bonds. The van der Waals surface area contributed by atoms with Crippen LogP contribution in [0.2, 0.25) is 0 Å². The normalized spacial score (nSPS) is 10.5. The molecule has 2 aromatic rings. The molecule has 0 unspecified atom stereocenters. The average Bonchev–Trinajstić information content (AvgIpc) is 2.23. The van der Waals surface area contributed by atoms with Crippen LogP contribution in [0, 0.1) is 10.1 Å². The minimum atomic E-state index is -0.475. The van der Waals surface area contributed by atoms with Crippen LogP contribution >= 0.6 is 0 Å². The minimum Gasteiger partial charge on any atom is -0.318 e. The predicted molar refractivity (Wildman–Crippen MR) is 55.8 cm³/mol. The number of aromatic nitrogens is 1. The van der Waals surface area contributed by atoms with Gasteiger partial charge in [0, 0.05) is 30.8 Å². The number of pyridine rings is 1. The van der Waals surface area contributed by atoms with E-state index in [0.29, 0.717) is 10.8 Å². The van der Waals surface area contributed by atoms with Crippen LogP contribution in [0.15, 0.2) is 35.3 Å². The number of nitro benzene ring substituents is 1. The van der Waals surface area contributed by atoms with E-state index in [1.165, 1.54) is 22.8 Å². The number of fused-ring (bicyclic) bond motifs is 1. The van der Waals surface area contributed by atoms with Gasteiger partial charge in [-0.25, -0.2) is 0 Å². The summed E-state index contributed by atoms with van der Waals surface area (Å²) in [5.74, 6) is 0. The molecule has 15 heavy (non-hydrogen) atoms. The lowest BCUT2D eigenvalue weighted by atomic mass is 10.1. The molecule has 0 aliphatic carbocycles. The van der Waals surface area contributed by atoms with Crippen molar-refractivity contribution in [1.82, 2.24) is 4.57 Å². The van der Waals surface area contributed by atoms with E-state index in [0.717, 1.165) is 0 Å². The van der Waals surface area contributed by atoms with Gasteiger partial charge in [-0.1, -0.05) is 0 Å². The maximum atomic E-state index is 11.6. The standard InChI is InChI=1S/C10H8N2O3/c1-11-5-4-7-6-8(12(14)15)2-3-9(7)10(11)13/h2-6H,1H3. The van der Waals surface area contributed by atoms with Crippen LogP contribution in [-0.4, -0.2) is 9.49 Å². The highest BCUT2D eigenvalue weighted by atomic mass is 16.6. The van der Waals surface area contributed by atoms with E-state index in [-0.39, 0.29) is 11.2 Å². The Morgan fingerprint density at radius 3 is 2.73 bits per heavy atom. The van der Waals surface area contributed by atoms with Crippen LogP contribution in [-0.2, 0) is 7.05 Å². The summed E-state index contributed by atoms with van der Waals surface area (Å²) in [4.78, 5) is 21.6. The summed E-state index contributed by atoms with van der Waals surface area (Å²) >= 11 is 0. The summed E-state index contributed by atoms with van der Waals surface area (Å²) < 4.78 is 1.44. The average molecular weight is 204 g/mol. The first-order valence-electron chi connectivity index (χ1n) is 4.33. The Kier molecular flexibility index (Phi) is 2.00. The van der Waals surface area contributed by atoms with Gasteiger partial charge in [0.1, 0.15) is 0 Å². The Balaban J connectivity index is 2.81. The Morgan fingerprint density at radius 2 is 2.07 bits per heavy atom. The van der Waals surface area contributed by atoms with Gasteiger partial charge in [0.2, 0.25) is 0 Å². The zero-order valence-electron chi connectivity index (χ0n) is 8.01. The molecule has 1 aromatic heterocycles. The molecule has 0 bridgehead atoms. The molecule has 1 heterocycles. The summed E-state index contributed by atoms with van der Waals surface area (Å²) in [5.41, 5.74) is -0.154. The molecule has 2 rings (SSSR count). The zero-order chi connectivity index (χ0) is 11.0. The largest absolute Gasteiger partial charge is 0.318 e. The molecular formula is C10H8N2O3. The van der Waals surface area contributed by atoms with Gasteiger partial charge in [0.05, 0.1) is 4.92 Å². The molecule has 0 N–H and O–H groups in total. The van der Waals surface area contributed by atoms with Crippen molar-refractivity contribution < 1.29 is 4.92 Å². The lowest BCUT2D eigenvalue weighted by molar-refractivity contribution is -0.384. The highest BCUT2D eigenvalue weighted by Gasteiger charge is 2.07. The molecule has 5 heteroatoms. The van der Waals surface area contributed by atoms with E-state index >= 15 is 0 Å². The number of hydrogen-bond donors (Lipinski definition) is 0. The number of nitro groups is 1. The van der Waals surface area contributed by atoms with E-state index in [9.17, 15) is 14.9 Å². The van der Waals surface area contributed by atoms with Gasteiger partial charge in [0.15, 0.2) is 0 Å². The monoisotopic (exact) mass is 204 g/mol. The van der Waals surface area contributed by atoms with Crippen molar-refractivity contribution in [1.29, 1.82) is 0 Å². The van der Waals surface area contributed by atoms with Gasteiger partial charge in [-0.15, -0.1) is 0 Å². The lowest BCUT2D eigenvalue weighted by Crippen LogP contribution is -2.15. The molecule has 0 radical (unpaired) electrons. The van der Waals surface area contributed by atoms with Crippen LogP contribution in [0.1, 0.15) is 0 Å². The fourth-order valence-electron chi connectivity index (χ4n) is 1.45. The first kappa shape index (κ1) is 9.39. The molecule has 0 spiro atoms. The smallest absolute Gasteiger partial charge is 0.270 e. The second-order valence-electron chi connectivity index (χ2n) is 3.26. The summed E-state index contributed by atoms with van der Waals surface area (Å²) in [5, 5.41) is 11.6. The van der Waals surface area contributed by atoms with Crippen molar-refractivity contribution in [2.75, 3.05) is 0 Å². The predicted octanol–water partition coefficient (Wildman–Crippen LogP) is 1.45. The first-order chi connectivity index (χ1) is 7.09. The third-order valence-corrected chi connectivity index (χ3v) is 2.27. The summed E-state index contributed by atoms with van der Waals surface area (Å²) in [7, 11) is 1.64. The first-order valence-corrected chi connectivity index (χ1v) is 4.33. The topological polar surface area (TPSA) is 65.1 Å². The van der Waals surface area contributed by atoms with Gasteiger partial charge in [-0.2, -0.15) is 0 Å². The fraction of sp³-hybridized carbons (Fsp3) is 0.100. The molecule has 0 saturated carbocycles. The zero-order valence-corrected chi connectivity index (χ0v) is 8.01. The Hall–Kier alpha value is -2.17. The van der Waals surface area contributed by atoms with Crippen LogP contribution in [0.25, 0.3) is 10.8 Å². The van der Waals surface area contributed by atoms with Gasteiger partial charge in [0.25, 0.3) is 11.2 Å². The molecule has 0 saturated heterocycles. The summed E-state index contributed by atoms with van der Waals surface area (Å²) in [6.45, 7) is 0. The Labute approximate surface area is 84.7 Å². The number of hydrogen-bond acceptors (Lipinski definition) is 3. The SMILES string of the molecule is Cn1ccc2cc([N+](=O)[O-])ccc2c1=O. The third kappa shape index (κ3) is 1.48. The summed E-state index contributed by atoms with van der Waals surface area (Å²) in [6, 6.07) is 5.90. The molecular weight excluding hydrogens is 196 g/mol. The molecule has 0 aliphatic rings. The highest BCUT2D eigenvalue weighted by Crippen LogP contribution is 2.17. The van der Waals surface area contributed by atoms with E-state index in [2.05, 4.69) is 0 Å². The molecule has 5 nitrogen and oxygen atoms in total. The number of rotatable bonds is 1. The third-order valence-electron chi connectivity index (χ3n) is 2.27.